The lowest BCUT2D eigenvalue weighted by atomic mass is 10.1. The molecule has 0 aliphatic heterocycles. The topological polar surface area (TPSA) is 26.3 Å². The first-order chi connectivity index (χ1) is 13.1. The van der Waals surface area contributed by atoms with E-state index in [4.69, 9.17) is 4.74 Å². The normalized spacial score (nSPS) is 14.4. The fourth-order valence-electron chi connectivity index (χ4n) is 3.14. The summed E-state index contributed by atoms with van der Waals surface area (Å²) >= 11 is 7.01. The van der Waals surface area contributed by atoms with Gasteiger partial charge >= 0.3 is 0 Å². The molecule has 3 aromatic carbocycles. The molecule has 4 rings (SSSR count). The van der Waals surface area contributed by atoms with Gasteiger partial charge in [0.1, 0.15) is 12.4 Å². The molecule has 134 valence electrons. The van der Waals surface area contributed by atoms with Crippen molar-refractivity contribution >= 4 is 43.7 Å². The van der Waals surface area contributed by atoms with Crippen LogP contribution in [0.4, 0.5) is 0 Å². The maximum absolute atomic E-state index is 12.5. The van der Waals surface area contributed by atoms with Crippen molar-refractivity contribution in [2.24, 2.45) is 0 Å². The molecule has 0 amide bonds. The third-order valence-electron chi connectivity index (χ3n) is 4.54. The Morgan fingerprint density at radius 1 is 0.963 bits per heavy atom. The number of carbonyl (C=O) groups is 1. The lowest BCUT2D eigenvalue weighted by Crippen LogP contribution is -1.97. The molecule has 0 heterocycles. The van der Waals surface area contributed by atoms with E-state index in [0.717, 1.165) is 42.5 Å². The van der Waals surface area contributed by atoms with Crippen molar-refractivity contribution in [1.82, 2.24) is 0 Å². The van der Waals surface area contributed by atoms with Gasteiger partial charge in [0.15, 0.2) is 5.78 Å². The third-order valence-corrected chi connectivity index (χ3v) is 5.69. The molecule has 0 aromatic heterocycles. The monoisotopic (exact) mass is 482 g/mol. The summed E-state index contributed by atoms with van der Waals surface area (Å²) < 4.78 is 7.83. The molecule has 0 saturated heterocycles. The van der Waals surface area contributed by atoms with Crippen LogP contribution < -0.4 is 4.74 Å². The first-order valence-corrected chi connectivity index (χ1v) is 10.2. The minimum Gasteiger partial charge on any atom is -0.488 e. The van der Waals surface area contributed by atoms with Crippen LogP contribution in [0.15, 0.2) is 81.2 Å². The van der Waals surface area contributed by atoms with E-state index >= 15 is 0 Å². The van der Waals surface area contributed by atoms with Gasteiger partial charge in [-0.25, -0.2) is 0 Å². The first-order valence-electron chi connectivity index (χ1n) is 8.60. The average molecular weight is 484 g/mol. The summed E-state index contributed by atoms with van der Waals surface area (Å²) in [6.45, 7) is 0.500. The molecular weight excluding hydrogens is 468 g/mol. The molecule has 0 radical (unpaired) electrons. The average Bonchev–Trinajstić information content (AvgIpc) is 2.98. The van der Waals surface area contributed by atoms with Crippen molar-refractivity contribution in [2.45, 2.75) is 13.0 Å². The summed E-state index contributed by atoms with van der Waals surface area (Å²) in [5.41, 5.74) is 4.82. The van der Waals surface area contributed by atoms with Crippen molar-refractivity contribution in [1.29, 1.82) is 0 Å². The van der Waals surface area contributed by atoms with E-state index in [-0.39, 0.29) is 5.78 Å². The highest BCUT2D eigenvalue weighted by atomic mass is 79.9. The number of carbonyl (C=O) groups excluding carboxylic acids is 1. The Kier molecular flexibility index (Phi) is 5.28. The molecule has 3 aromatic rings. The van der Waals surface area contributed by atoms with Crippen molar-refractivity contribution < 1.29 is 9.53 Å². The number of ketones is 1. The van der Waals surface area contributed by atoms with Crippen molar-refractivity contribution in [3.05, 3.63) is 104 Å². The maximum atomic E-state index is 12.5. The standard InChI is InChI=1S/C23H16Br2O2/c24-19-8-5-15(6-9-19)14-27-22-10-7-16(12-21(22)25)11-18-13-17-3-1-2-4-20(17)23(18)26/h1-12H,13-14H2/b18-11+. The third kappa shape index (κ3) is 4.07. The lowest BCUT2D eigenvalue weighted by molar-refractivity contribution is 0.104. The molecule has 1 aliphatic rings. The Morgan fingerprint density at radius 2 is 1.74 bits per heavy atom. The molecule has 0 atom stereocenters. The highest BCUT2D eigenvalue weighted by Gasteiger charge is 2.23. The Bertz CT molecular complexity index is 1040. The van der Waals surface area contributed by atoms with Gasteiger partial charge < -0.3 is 4.74 Å². The van der Waals surface area contributed by atoms with E-state index in [1.807, 2.05) is 72.8 Å². The summed E-state index contributed by atoms with van der Waals surface area (Å²) in [4.78, 5) is 12.5. The molecule has 0 bridgehead atoms. The predicted octanol–water partition coefficient (Wildman–Crippen LogP) is 6.61. The van der Waals surface area contributed by atoms with Crippen LogP contribution in [0.5, 0.6) is 5.75 Å². The molecule has 0 fully saturated rings. The Balaban J connectivity index is 1.49. The van der Waals surface area contributed by atoms with E-state index < -0.39 is 0 Å². The Morgan fingerprint density at radius 3 is 2.48 bits per heavy atom. The molecule has 2 nitrogen and oxygen atoms in total. The summed E-state index contributed by atoms with van der Waals surface area (Å²) in [5.74, 6) is 0.901. The largest absolute Gasteiger partial charge is 0.488 e. The predicted molar refractivity (Wildman–Crippen MR) is 115 cm³/mol. The number of hydrogen-bond donors (Lipinski definition) is 0. The van der Waals surface area contributed by atoms with Gasteiger partial charge in [0.25, 0.3) is 0 Å². The molecule has 0 N–H and O–H groups in total. The van der Waals surface area contributed by atoms with Crippen molar-refractivity contribution in [2.75, 3.05) is 0 Å². The fraction of sp³-hybridized carbons (Fsp3) is 0.0870. The zero-order valence-corrected chi connectivity index (χ0v) is 17.6. The number of halogens is 2. The molecule has 1 aliphatic carbocycles. The van der Waals surface area contributed by atoms with Crippen LogP contribution in [0, 0.1) is 0 Å². The van der Waals surface area contributed by atoms with Crippen LogP contribution in [0.1, 0.15) is 27.0 Å². The van der Waals surface area contributed by atoms with Gasteiger partial charge in [-0.2, -0.15) is 0 Å². The highest BCUT2D eigenvalue weighted by Crippen LogP contribution is 2.31. The highest BCUT2D eigenvalue weighted by molar-refractivity contribution is 9.10. The number of benzene rings is 3. The maximum Gasteiger partial charge on any atom is 0.189 e. The van der Waals surface area contributed by atoms with Gasteiger partial charge in [0.05, 0.1) is 4.47 Å². The van der Waals surface area contributed by atoms with Crippen molar-refractivity contribution in [3.63, 3.8) is 0 Å². The van der Waals surface area contributed by atoms with Crippen LogP contribution >= 0.6 is 31.9 Å². The second-order valence-corrected chi connectivity index (χ2v) is 8.21. The SMILES string of the molecule is O=C1/C(=C/c2ccc(OCc3ccc(Br)cc3)c(Br)c2)Cc2ccccc21. The van der Waals surface area contributed by atoms with E-state index in [1.165, 1.54) is 0 Å². The van der Waals surface area contributed by atoms with Gasteiger partial charge in [-0.1, -0.05) is 58.4 Å². The molecular formula is C23H16Br2O2. The van der Waals surface area contributed by atoms with Crippen molar-refractivity contribution in [3.8, 4) is 5.75 Å². The molecule has 0 spiro atoms. The second kappa shape index (κ2) is 7.83. The van der Waals surface area contributed by atoms with Gasteiger partial charge in [-0.05, 0) is 63.0 Å². The molecule has 0 unspecified atom stereocenters. The Labute approximate surface area is 175 Å². The van der Waals surface area contributed by atoms with Gasteiger partial charge in [-0.15, -0.1) is 0 Å². The summed E-state index contributed by atoms with van der Waals surface area (Å²) in [6, 6.07) is 21.8. The summed E-state index contributed by atoms with van der Waals surface area (Å²) in [7, 11) is 0. The zero-order valence-electron chi connectivity index (χ0n) is 14.4. The lowest BCUT2D eigenvalue weighted by Gasteiger charge is -2.09. The summed E-state index contributed by atoms with van der Waals surface area (Å²) in [5, 5.41) is 0. The number of Topliss-reactive ketones (excluding diaryl/α,β-unsaturated/α-hetero) is 1. The molecule has 4 heteroatoms. The Hall–Kier alpha value is -2.17. The van der Waals surface area contributed by atoms with E-state index in [1.54, 1.807) is 0 Å². The fourth-order valence-corrected chi connectivity index (χ4v) is 3.91. The number of fused-ring (bicyclic) bond motifs is 1. The van der Waals surface area contributed by atoms with E-state index in [9.17, 15) is 4.79 Å². The van der Waals surface area contributed by atoms with E-state index in [2.05, 4.69) is 31.9 Å². The molecule has 27 heavy (non-hydrogen) atoms. The van der Waals surface area contributed by atoms with Crippen LogP contribution in [-0.4, -0.2) is 5.78 Å². The van der Waals surface area contributed by atoms with Crippen LogP contribution in [-0.2, 0) is 13.0 Å². The smallest absolute Gasteiger partial charge is 0.189 e. The summed E-state index contributed by atoms with van der Waals surface area (Å²) in [6.07, 6.45) is 2.65. The second-order valence-electron chi connectivity index (χ2n) is 6.44. The molecule has 0 saturated carbocycles. The van der Waals surface area contributed by atoms with Crippen LogP contribution in [0.3, 0.4) is 0 Å². The minimum absolute atomic E-state index is 0.122. The minimum atomic E-state index is 0.122. The van der Waals surface area contributed by atoms with Crippen LogP contribution in [0.25, 0.3) is 6.08 Å². The van der Waals surface area contributed by atoms with Gasteiger partial charge in [0.2, 0.25) is 0 Å². The van der Waals surface area contributed by atoms with Gasteiger partial charge in [0, 0.05) is 22.0 Å². The first kappa shape index (κ1) is 18.2. The number of ether oxygens (including phenoxy) is 1. The van der Waals surface area contributed by atoms with Crippen LogP contribution in [0.2, 0.25) is 0 Å². The number of hydrogen-bond acceptors (Lipinski definition) is 2. The van der Waals surface area contributed by atoms with Gasteiger partial charge in [-0.3, -0.25) is 4.79 Å². The zero-order chi connectivity index (χ0) is 18.8. The quantitative estimate of drug-likeness (QED) is 0.390. The number of rotatable bonds is 4. The number of allylic oxidation sites excluding steroid dienone is 1. The van der Waals surface area contributed by atoms with E-state index in [0.29, 0.717) is 13.0 Å².